The molecule has 0 saturated heterocycles. The first-order valence-electron chi connectivity index (χ1n) is 8.32. The van der Waals surface area contributed by atoms with Crippen LogP contribution >= 0.6 is 11.3 Å². The normalized spacial score (nSPS) is 14.1. The third-order valence-corrected chi connectivity index (χ3v) is 5.59. The molecule has 4 rings (SSSR count). The van der Waals surface area contributed by atoms with Crippen molar-refractivity contribution in [2.24, 2.45) is 0 Å². The number of hydrogen-bond donors (Lipinski definition) is 2. The van der Waals surface area contributed by atoms with Gasteiger partial charge in [-0.2, -0.15) is 5.10 Å². The first-order chi connectivity index (χ1) is 11.3. The number of H-pyrrole nitrogens is 1. The largest absolute Gasteiger partial charge is 0.369 e. The first-order valence-corrected chi connectivity index (χ1v) is 9.14. The van der Waals surface area contributed by atoms with Gasteiger partial charge < -0.3 is 5.32 Å². The van der Waals surface area contributed by atoms with E-state index >= 15 is 0 Å². The molecule has 0 saturated carbocycles. The predicted octanol–water partition coefficient (Wildman–Crippen LogP) is 3.65. The lowest BCUT2D eigenvalue weighted by atomic mass is 9.97. The summed E-state index contributed by atoms with van der Waals surface area (Å²) in [6, 6.07) is 2.03. The van der Waals surface area contributed by atoms with E-state index in [0.717, 1.165) is 35.9 Å². The van der Waals surface area contributed by atoms with E-state index in [1.807, 2.05) is 24.3 Å². The number of rotatable bonds is 5. The standard InChI is InChI=1S/C17H21N5S/c1-11-20-16(18-9-4-5-12-8-10-19-22-12)15-13-6-2-3-7-14(13)23-17(15)21-11/h8,10H,2-7,9H2,1H3,(H,19,22)(H,18,20,21). The molecule has 1 aliphatic rings. The predicted molar refractivity (Wildman–Crippen MR) is 94.2 cm³/mol. The summed E-state index contributed by atoms with van der Waals surface area (Å²) in [4.78, 5) is 12.0. The molecule has 0 spiro atoms. The topological polar surface area (TPSA) is 66.5 Å². The van der Waals surface area contributed by atoms with Crippen LogP contribution in [0, 0.1) is 6.92 Å². The molecule has 3 heterocycles. The van der Waals surface area contributed by atoms with Gasteiger partial charge >= 0.3 is 0 Å². The number of aryl methyl sites for hydroxylation is 4. The van der Waals surface area contributed by atoms with Gasteiger partial charge in [-0.1, -0.05) is 0 Å². The van der Waals surface area contributed by atoms with Crippen LogP contribution in [-0.2, 0) is 19.3 Å². The maximum absolute atomic E-state index is 4.68. The molecule has 0 bridgehead atoms. The fraction of sp³-hybridized carbons (Fsp3) is 0.471. The second-order valence-electron chi connectivity index (χ2n) is 6.12. The van der Waals surface area contributed by atoms with Crippen LogP contribution in [0.4, 0.5) is 5.82 Å². The van der Waals surface area contributed by atoms with Gasteiger partial charge in [-0.15, -0.1) is 11.3 Å². The Hall–Kier alpha value is -1.95. The Bertz CT molecular complexity index is 806. The quantitative estimate of drug-likeness (QED) is 0.702. The molecule has 0 atom stereocenters. The number of hydrogen-bond acceptors (Lipinski definition) is 5. The van der Waals surface area contributed by atoms with Gasteiger partial charge in [0.2, 0.25) is 0 Å². The number of fused-ring (bicyclic) bond motifs is 3. The van der Waals surface area contributed by atoms with E-state index in [0.29, 0.717) is 0 Å². The Morgan fingerprint density at radius 2 is 2.17 bits per heavy atom. The van der Waals surface area contributed by atoms with Gasteiger partial charge in [-0.25, -0.2) is 9.97 Å². The molecule has 0 radical (unpaired) electrons. The second kappa shape index (κ2) is 6.28. The van der Waals surface area contributed by atoms with Crippen LogP contribution in [-0.4, -0.2) is 26.7 Å². The number of thiophene rings is 1. The average Bonchev–Trinajstić information content (AvgIpc) is 3.18. The molecule has 1 aliphatic carbocycles. The molecule has 0 aliphatic heterocycles. The van der Waals surface area contributed by atoms with Crippen molar-refractivity contribution in [3.63, 3.8) is 0 Å². The highest BCUT2D eigenvalue weighted by Crippen LogP contribution is 2.38. The highest BCUT2D eigenvalue weighted by Gasteiger charge is 2.20. The summed E-state index contributed by atoms with van der Waals surface area (Å²) in [7, 11) is 0. The zero-order valence-electron chi connectivity index (χ0n) is 13.4. The lowest BCUT2D eigenvalue weighted by molar-refractivity contribution is 0.700. The molecular weight excluding hydrogens is 306 g/mol. The van der Waals surface area contributed by atoms with Crippen molar-refractivity contribution >= 4 is 27.4 Å². The molecule has 0 amide bonds. The Kier molecular flexibility index (Phi) is 3.99. The van der Waals surface area contributed by atoms with Gasteiger partial charge in [-0.3, -0.25) is 5.10 Å². The number of nitrogens with one attached hydrogen (secondary N) is 2. The SMILES string of the molecule is Cc1nc(NCCCc2ccn[nH]2)c2c3c(sc2n1)CCCC3. The van der Waals surface area contributed by atoms with Crippen LogP contribution in [0.25, 0.3) is 10.2 Å². The Labute approximate surface area is 139 Å². The molecular formula is C17H21N5S. The molecule has 0 aromatic carbocycles. The van der Waals surface area contributed by atoms with Crippen molar-refractivity contribution in [3.05, 3.63) is 34.2 Å². The average molecular weight is 327 g/mol. The summed E-state index contributed by atoms with van der Waals surface area (Å²) >= 11 is 1.86. The molecule has 0 fully saturated rings. The van der Waals surface area contributed by atoms with Crippen LogP contribution in [0.3, 0.4) is 0 Å². The van der Waals surface area contributed by atoms with Crippen molar-refractivity contribution in [2.75, 3.05) is 11.9 Å². The lowest BCUT2D eigenvalue weighted by Gasteiger charge is -2.13. The van der Waals surface area contributed by atoms with Crippen LogP contribution in [0.1, 0.15) is 41.2 Å². The van der Waals surface area contributed by atoms with E-state index in [2.05, 4.69) is 25.5 Å². The third kappa shape index (κ3) is 2.95. The fourth-order valence-electron chi connectivity index (χ4n) is 3.30. The van der Waals surface area contributed by atoms with E-state index < -0.39 is 0 Å². The summed E-state index contributed by atoms with van der Waals surface area (Å²) in [5.41, 5.74) is 2.68. The molecule has 120 valence electrons. The van der Waals surface area contributed by atoms with Crippen molar-refractivity contribution < 1.29 is 0 Å². The Morgan fingerprint density at radius 1 is 1.26 bits per heavy atom. The number of nitrogens with zero attached hydrogens (tertiary/aromatic N) is 3. The monoisotopic (exact) mass is 327 g/mol. The van der Waals surface area contributed by atoms with E-state index in [-0.39, 0.29) is 0 Å². The Morgan fingerprint density at radius 3 is 3.04 bits per heavy atom. The zero-order valence-corrected chi connectivity index (χ0v) is 14.2. The molecule has 3 aromatic heterocycles. The maximum Gasteiger partial charge on any atom is 0.138 e. The van der Waals surface area contributed by atoms with E-state index in [4.69, 9.17) is 0 Å². The summed E-state index contributed by atoms with van der Waals surface area (Å²) in [5, 5.41) is 11.8. The summed E-state index contributed by atoms with van der Waals surface area (Å²) < 4.78 is 0. The Balaban J connectivity index is 1.54. The molecule has 5 nitrogen and oxygen atoms in total. The highest BCUT2D eigenvalue weighted by molar-refractivity contribution is 7.19. The zero-order chi connectivity index (χ0) is 15.6. The van der Waals surface area contributed by atoms with Gasteiger partial charge in [0.1, 0.15) is 16.5 Å². The molecule has 0 unspecified atom stereocenters. The molecule has 23 heavy (non-hydrogen) atoms. The summed E-state index contributed by atoms with van der Waals surface area (Å²) in [5.74, 6) is 1.88. The smallest absolute Gasteiger partial charge is 0.138 e. The minimum Gasteiger partial charge on any atom is -0.369 e. The summed E-state index contributed by atoms with van der Waals surface area (Å²) in [6.07, 6.45) is 8.82. The third-order valence-electron chi connectivity index (χ3n) is 4.40. The van der Waals surface area contributed by atoms with Crippen LogP contribution < -0.4 is 5.32 Å². The van der Waals surface area contributed by atoms with Crippen molar-refractivity contribution in [1.82, 2.24) is 20.2 Å². The highest BCUT2D eigenvalue weighted by atomic mass is 32.1. The van der Waals surface area contributed by atoms with Gasteiger partial charge in [0, 0.05) is 23.3 Å². The van der Waals surface area contributed by atoms with Gasteiger partial charge in [0.25, 0.3) is 0 Å². The molecule has 2 N–H and O–H groups in total. The minimum atomic E-state index is 0.854. The fourth-order valence-corrected chi connectivity index (χ4v) is 4.61. The van der Waals surface area contributed by atoms with Crippen LogP contribution in [0.2, 0.25) is 0 Å². The van der Waals surface area contributed by atoms with Gasteiger partial charge in [0.05, 0.1) is 5.39 Å². The van der Waals surface area contributed by atoms with E-state index in [9.17, 15) is 0 Å². The molecule has 6 heteroatoms. The van der Waals surface area contributed by atoms with Gasteiger partial charge in [-0.05, 0) is 57.1 Å². The van der Waals surface area contributed by atoms with Crippen molar-refractivity contribution in [1.29, 1.82) is 0 Å². The first kappa shape index (κ1) is 14.6. The van der Waals surface area contributed by atoms with E-state index in [1.54, 1.807) is 6.20 Å². The van der Waals surface area contributed by atoms with Crippen molar-refractivity contribution in [3.8, 4) is 0 Å². The van der Waals surface area contributed by atoms with Crippen LogP contribution in [0.5, 0.6) is 0 Å². The maximum atomic E-state index is 4.68. The number of aromatic amines is 1. The van der Waals surface area contributed by atoms with E-state index in [1.165, 1.54) is 47.2 Å². The van der Waals surface area contributed by atoms with Crippen LogP contribution in [0.15, 0.2) is 12.3 Å². The van der Waals surface area contributed by atoms with Gasteiger partial charge in [0.15, 0.2) is 0 Å². The number of anilines is 1. The molecule has 3 aromatic rings. The summed E-state index contributed by atoms with van der Waals surface area (Å²) in [6.45, 7) is 2.89. The second-order valence-corrected chi connectivity index (χ2v) is 7.21. The number of aromatic nitrogens is 4. The van der Waals surface area contributed by atoms with Crippen molar-refractivity contribution in [2.45, 2.75) is 45.4 Å². The minimum absolute atomic E-state index is 0.854. The lowest BCUT2D eigenvalue weighted by Crippen LogP contribution is -2.07.